The SMILES string of the molecule is CC.CC(=O)/C=C\n1cnc(-c2ccccc2)n1. The first-order valence-electron chi connectivity index (χ1n) is 5.91. The molecule has 0 bridgehead atoms. The molecule has 0 unspecified atom stereocenters. The highest BCUT2D eigenvalue weighted by atomic mass is 16.1. The quantitative estimate of drug-likeness (QED) is 0.778. The van der Waals surface area contributed by atoms with E-state index in [0.717, 1.165) is 5.56 Å². The van der Waals surface area contributed by atoms with Crippen molar-refractivity contribution in [2.75, 3.05) is 0 Å². The van der Waals surface area contributed by atoms with Crippen LogP contribution in [0.15, 0.2) is 42.7 Å². The van der Waals surface area contributed by atoms with Crippen LogP contribution >= 0.6 is 0 Å². The molecule has 18 heavy (non-hydrogen) atoms. The Morgan fingerprint density at radius 2 is 1.89 bits per heavy atom. The Bertz CT molecular complexity index is 515. The van der Waals surface area contributed by atoms with Gasteiger partial charge in [0.2, 0.25) is 0 Å². The van der Waals surface area contributed by atoms with Gasteiger partial charge in [-0.05, 0) is 13.0 Å². The summed E-state index contributed by atoms with van der Waals surface area (Å²) in [7, 11) is 0. The molecule has 2 rings (SSSR count). The second kappa shape index (κ2) is 7.17. The molecule has 0 aliphatic rings. The lowest BCUT2D eigenvalue weighted by atomic mass is 10.2. The summed E-state index contributed by atoms with van der Waals surface area (Å²) >= 11 is 0. The van der Waals surface area contributed by atoms with Crippen LogP contribution in [0, 0.1) is 0 Å². The summed E-state index contributed by atoms with van der Waals surface area (Å²) in [5.74, 6) is 0.630. The lowest BCUT2D eigenvalue weighted by molar-refractivity contribution is -0.112. The van der Waals surface area contributed by atoms with Gasteiger partial charge in [-0.2, -0.15) is 0 Å². The second-order valence-corrected chi connectivity index (χ2v) is 3.34. The smallest absolute Gasteiger partial charge is 0.181 e. The fourth-order valence-corrected chi connectivity index (χ4v) is 1.25. The minimum absolute atomic E-state index is 0.0169. The number of carbonyl (C=O) groups excluding carboxylic acids is 1. The Morgan fingerprint density at radius 3 is 2.50 bits per heavy atom. The standard InChI is InChI=1S/C12H11N3O.C2H6/c1-10(16)7-8-15-9-13-12(14-15)11-5-3-2-4-6-11;1-2/h2-9H,1H3;1-2H3/b8-7-;. The van der Waals surface area contributed by atoms with Crippen molar-refractivity contribution in [2.45, 2.75) is 20.8 Å². The summed E-state index contributed by atoms with van der Waals surface area (Å²) in [5.41, 5.74) is 0.956. The maximum absolute atomic E-state index is 10.7. The molecule has 0 atom stereocenters. The van der Waals surface area contributed by atoms with Gasteiger partial charge >= 0.3 is 0 Å². The second-order valence-electron chi connectivity index (χ2n) is 3.34. The van der Waals surface area contributed by atoms with Crippen molar-refractivity contribution in [3.63, 3.8) is 0 Å². The van der Waals surface area contributed by atoms with E-state index in [0.29, 0.717) is 5.82 Å². The third-order valence-electron chi connectivity index (χ3n) is 2.00. The molecule has 0 fully saturated rings. The number of hydrogen-bond acceptors (Lipinski definition) is 3. The molecule has 0 aliphatic carbocycles. The molecule has 0 N–H and O–H groups in total. The largest absolute Gasteiger partial charge is 0.295 e. The third-order valence-corrected chi connectivity index (χ3v) is 2.00. The number of aromatic nitrogens is 3. The van der Waals surface area contributed by atoms with Crippen molar-refractivity contribution in [1.29, 1.82) is 0 Å². The summed E-state index contributed by atoms with van der Waals surface area (Å²) in [6, 6.07) is 9.68. The normalized spacial score (nSPS) is 9.94. The van der Waals surface area contributed by atoms with E-state index in [1.807, 2.05) is 44.2 Å². The monoisotopic (exact) mass is 243 g/mol. The van der Waals surface area contributed by atoms with Crippen LogP contribution < -0.4 is 0 Å². The van der Waals surface area contributed by atoms with Crippen molar-refractivity contribution in [1.82, 2.24) is 14.8 Å². The zero-order valence-corrected chi connectivity index (χ0v) is 10.9. The van der Waals surface area contributed by atoms with Crippen molar-refractivity contribution in [3.05, 3.63) is 42.7 Å². The summed E-state index contributed by atoms with van der Waals surface area (Å²) in [6.45, 7) is 5.49. The maximum atomic E-state index is 10.7. The number of rotatable bonds is 3. The zero-order valence-electron chi connectivity index (χ0n) is 10.9. The zero-order chi connectivity index (χ0) is 13.4. The van der Waals surface area contributed by atoms with Gasteiger partial charge in [0, 0.05) is 11.8 Å². The van der Waals surface area contributed by atoms with Gasteiger partial charge in [-0.3, -0.25) is 4.79 Å². The highest BCUT2D eigenvalue weighted by Gasteiger charge is 2.01. The van der Waals surface area contributed by atoms with Crippen molar-refractivity contribution in [3.8, 4) is 11.4 Å². The van der Waals surface area contributed by atoms with Gasteiger partial charge < -0.3 is 0 Å². The van der Waals surface area contributed by atoms with Crippen LogP contribution in [-0.4, -0.2) is 20.5 Å². The Kier molecular flexibility index (Phi) is 5.51. The van der Waals surface area contributed by atoms with Crippen LogP contribution in [0.4, 0.5) is 0 Å². The Morgan fingerprint density at radius 1 is 1.22 bits per heavy atom. The maximum Gasteiger partial charge on any atom is 0.181 e. The first-order valence-corrected chi connectivity index (χ1v) is 5.91. The number of carbonyl (C=O) groups is 1. The Labute approximate surface area is 107 Å². The molecule has 0 aliphatic heterocycles. The van der Waals surface area contributed by atoms with Crippen molar-refractivity contribution >= 4 is 12.0 Å². The third kappa shape index (κ3) is 3.97. The Balaban J connectivity index is 0.000000771. The number of allylic oxidation sites excluding steroid dienone is 1. The highest BCUT2D eigenvalue weighted by Crippen LogP contribution is 2.12. The van der Waals surface area contributed by atoms with Gasteiger partial charge in [-0.25, -0.2) is 9.67 Å². The molecule has 4 heteroatoms. The predicted molar refractivity (Wildman–Crippen MR) is 72.8 cm³/mol. The lowest BCUT2D eigenvalue weighted by Crippen LogP contribution is -1.89. The van der Waals surface area contributed by atoms with Crippen LogP contribution in [0.3, 0.4) is 0 Å². The molecular formula is C14H17N3O. The number of benzene rings is 1. The minimum Gasteiger partial charge on any atom is -0.295 e. The molecule has 0 amide bonds. The van der Waals surface area contributed by atoms with E-state index >= 15 is 0 Å². The van der Waals surface area contributed by atoms with Gasteiger partial charge in [-0.1, -0.05) is 44.2 Å². The Hall–Kier alpha value is -2.23. The van der Waals surface area contributed by atoms with Crippen LogP contribution in [0.5, 0.6) is 0 Å². The van der Waals surface area contributed by atoms with Gasteiger partial charge in [0.15, 0.2) is 11.6 Å². The molecule has 1 aromatic carbocycles. The lowest BCUT2D eigenvalue weighted by Gasteiger charge is -1.92. The molecule has 94 valence electrons. The summed E-state index contributed by atoms with van der Waals surface area (Å²) in [4.78, 5) is 14.9. The molecule has 1 heterocycles. The van der Waals surface area contributed by atoms with E-state index < -0.39 is 0 Å². The van der Waals surface area contributed by atoms with Gasteiger partial charge in [0.05, 0.1) is 0 Å². The first kappa shape index (κ1) is 13.8. The van der Waals surface area contributed by atoms with E-state index in [1.54, 1.807) is 12.5 Å². The van der Waals surface area contributed by atoms with E-state index in [9.17, 15) is 4.79 Å². The fourth-order valence-electron chi connectivity index (χ4n) is 1.25. The van der Waals surface area contributed by atoms with E-state index in [4.69, 9.17) is 0 Å². The van der Waals surface area contributed by atoms with Crippen molar-refractivity contribution < 1.29 is 4.79 Å². The highest BCUT2D eigenvalue weighted by molar-refractivity contribution is 5.89. The number of ketones is 1. The van der Waals surface area contributed by atoms with Crippen LogP contribution in [0.1, 0.15) is 20.8 Å². The van der Waals surface area contributed by atoms with Crippen LogP contribution in [0.25, 0.3) is 17.6 Å². The average Bonchev–Trinajstić information content (AvgIpc) is 2.88. The van der Waals surface area contributed by atoms with Gasteiger partial charge in [0.1, 0.15) is 6.33 Å². The number of hydrogen-bond donors (Lipinski definition) is 0. The summed E-state index contributed by atoms with van der Waals surface area (Å²) in [5, 5.41) is 4.22. The van der Waals surface area contributed by atoms with Gasteiger partial charge in [0.25, 0.3) is 0 Å². The topological polar surface area (TPSA) is 47.8 Å². The molecule has 2 aromatic rings. The molecule has 0 radical (unpaired) electrons. The molecule has 4 nitrogen and oxygen atoms in total. The molecule has 0 saturated carbocycles. The first-order chi connectivity index (χ1) is 8.75. The predicted octanol–water partition coefficient (Wildman–Crippen LogP) is 3.03. The van der Waals surface area contributed by atoms with E-state index in [-0.39, 0.29) is 5.78 Å². The molecule has 0 saturated heterocycles. The minimum atomic E-state index is -0.0169. The average molecular weight is 243 g/mol. The number of nitrogens with zero attached hydrogens (tertiary/aromatic N) is 3. The summed E-state index contributed by atoms with van der Waals surface area (Å²) < 4.78 is 1.52. The van der Waals surface area contributed by atoms with Crippen LogP contribution in [0.2, 0.25) is 0 Å². The van der Waals surface area contributed by atoms with E-state index in [2.05, 4.69) is 10.1 Å². The fraction of sp³-hybridized carbons (Fsp3) is 0.214. The van der Waals surface area contributed by atoms with Crippen molar-refractivity contribution in [2.24, 2.45) is 0 Å². The van der Waals surface area contributed by atoms with Crippen LogP contribution in [-0.2, 0) is 4.79 Å². The summed E-state index contributed by atoms with van der Waals surface area (Å²) in [6.07, 6.45) is 4.60. The molecular weight excluding hydrogens is 226 g/mol. The van der Waals surface area contributed by atoms with Gasteiger partial charge in [-0.15, -0.1) is 5.10 Å². The molecule has 1 aromatic heterocycles. The molecule has 0 spiro atoms. The van der Waals surface area contributed by atoms with E-state index in [1.165, 1.54) is 17.7 Å².